The number of rotatable bonds is 4. The Kier molecular flexibility index (Phi) is 5.54. The topological polar surface area (TPSA) is 89.7 Å². The summed E-state index contributed by atoms with van der Waals surface area (Å²) in [5.74, 6) is -2.82. The molecule has 2 amide bonds. The average molecular weight is 343 g/mol. The standard InChI is InChI=1S/C15H16ClFN2O4/c16-10-2-1-3-11(17)13(10)15(22)23-8-12(20)19-6-4-9(5-7-19)14(18)21/h1-3,9H,4-8H2,(H2,18,21). The highest BCUT2D eigenvalue weighted by Gasteiger charge is 2.27. The monoisotopic (exact) mass is 342 g/mol. The number of carbonyl (C=O) groups excluding carboxylic acids is 3. The number of esters is 1. The second kappa shape index (κ2) is 7.41. The van der Waals surface area contributed by atoms with E-state index in [4.69, 9.17) is 22.1 Å². The van der Waals surface area contributed by atoms with Crippen molar-refractivity contribution < 1.29 is 23.5 Å². The first-order valence-corrected chi connectivity index (χ1v) is 7.46. The van der Waals surface area contributed by atoms with Crippen molar-refractivity contribution >= 4 is 29.4 Å². The Labute approximate surface area is 137 Å². The molecule has 1 aliphatic rings. The molecule has 124 valence electrons. The van der Waals surface area contributed by atoms with E-state index >= 15 is 0 Å². The Bertz CT molecular complexity index is 610. The summed E-state index contributed by atoms with van der Waals surface area (Å²) < 4.78 is 18.4. The third-order valence-electron chi connectivity index (χ3n) is 3.74. The van der Waals surface area contributed by atoms with E-state index in [9.17, 15) is 18.8 Å². The largest absolute Gasteiger partial charge is 0.452 e. The summed E-state index contributed by atoms with van der Waals surface area (Å²) in [6.07, 6.45) is 0.961. The fourth-order valence-corrected chi connectivity index (χ4v) is 2.64. The second-order valence-electron chi connectivity index (χ2n) is 5.23. The fourth-order valence-electron chi connectivity index (χ4n) is 2.40. The fraction of sp³-hybridized carbons (Fsp3) is 0.400. The van der Waals surface area contributed by atoms with Crippen molar-refractivity contribution in [2.75, 3.05) is 19.7 Å². The minimum absolute atomic E-state index is 0.0790. The molecule has 1 fully saturated rings. The van der Waals surface area contributed by atoms with Gasteiger partial charge >= 0.3 is 5.97 Å². The van der Waals surface area contributed by atoms with E-state index in [1.165, 1.54) is 17.0 Å². The lowest BCUT2D eigenvalue weighted by Gasteiger charge is -2.30. The number of amides is 2. The molecule has 1 aliphatic heterocycles. The molecule has 0 atom stereocenters. The van der Waals surface area contributed by atoms with Gasteiger partial charge in [0, 0.05) is 19.0 Å². The Morgan fingerprint density at radius 1 is 1.30 bits per heavy atom. The van der Waals surface area contributed by atoms with Crippen LogP contribution in [0.4, 0.5) is 4.39 Å². The molecule has 2 N–H and O–H groups in total. The lowest BCUT2D eigenvalue weighted by atomic mass is 9.96. The van der Waals surface area contributed by atoms with Gasteiger partial charge in [-0.3, -0.25) is 9.59 Å². The molecule has 0 unspecified atom stereocenters. The van der Waals surface area contributed by atoms with Crippen molar-refractivity contribution in [2.24, 2.45) is 11.7 Å². The molecular weight excluding hydrogens is 327 g/mol. The molecule has 1 heterocycles. The first-order chi connectivity index (χ1) is 10.9. The van der Waals surface area contributed by atoms with Gasteiger partial charge in [-0.15, -0.1) is 0 Å². The van der Waals surface area contributed by atoms with Crippen molar-refractivity contribution in [1.29, 1.82) is 0 Å². The first-order valence-electron chi connectivity index (χ1n) is 7.08. The maximum Gasteiger partial charge on any atom is 0.343 e. The van der Waals surface area contributed by atoms with Crippen LogP contribution in [0.3, 0.4) is 0 Å². The summed E-state index contributed by atoms with van der Waals surface area (Å²) >= 11 is 5.75. The number of hydrogen-bond donors (Lipinski definition) is 1. The molecule has 1 aromatic carbocycles. The minimum atomic E-state index is -0.992. The maximum absolute atomic E-state index is 13.6. The van der Waals surface area contributed by atoms with Crippen molar-refractivity contribution in [2.45, 2.75) is 12.8 Å². The van der Waals surface area contributed by atoms with Crippen LogP contribution in [-0.2, 0) is 14.3 Å². The third kappa shape index (κ3) is 4.19. The summed E-state index contributed by atoms with van der Waals surface area (Å²) in [5.41, 5.74) is 4.83. The van der Waals surface area contributed by atoms with Gasteiger partial charge in [-0.25, -0.2) is 9.18 Å². The number of hydrogen-bond acceptors (Lipinski definition) is 4. The van der Waals surface area contributed by atoms with Crippen molar-refractivity contribution in [3.05, 3.63) is 34.6 Å². The van der Waals surface area contributed by atoms with E-state index in [0.717, 1.165) is 6.07 Å². The van der Waals surface area contributed by atoms with Gasteiger partial charge in [-0.2, -0.15) is 0 Å². The van der Waals surface area contributed by atoms with Gasteiger partial charge in [-0.1, -0.05) is 17.7 Å². The Balaban J connectivity index is 1.88. The van der Waals surface area contributed by atoms with Crippen LogP contribution in [0.2, 0.25) is 5.02 Å². The SMILES string of the molecule is NC(=O)C1CCN(C(=O)COC(=O)c2c(F)cccc2Cl)CC1. The lowest BCUT2D eigenvalue weighted by Crippen LogP contribution is -2.43. The van der Waals surface area contributed by atoms with Crippen LogP contribution >= 0.6 is 11.6 Å². The predicted octanol–water partition coefficient (Wildman–Crippen LogP) is 1.36. The molecule has 1 saturated heterocycles. The summed E-state index contributed by atoms with van der Waals surface area (Å²) in [6.45, 7) is 0.222. The summed E-state index contributed by atoms with van der Waals surface area (Å²) in [4.78, 5) is 36.4. The van der Waals surface area contributed by atoms with Gasteiger partial charge in [0.25, 0.3) is 5.91 Å². The molecule has 0 spiro atoms. The Morgan fingerprint density at radius 2 is 1.96 bits per heavy atom. The third-order valence-corrected chi connectivity index (χ3v) is 4.06. The molecule has 2 rings (SSSR count). The average Bonchev–Trinajstić information content (AvgIpc) is 2.52. The van der Waals surface area contributed by atoms with Gasteiger partial charge in [0.2, 0.25) is 5.91 Å². The van der Waals surface area contributed by atoms with Crippen LogP contribution in [-0.4, -0.2) is 42.4 Å². The number of likely N-dealkylation sites (tertiary alicyclic amines) is 1. The summed E-state index contributed by atoms with van der Waals surface area (Å²) in [6, 6.07) is 3.80. The number of primary amides is 1. The zero-order valence-corrected chi connectivity index (χ0v) is 13.0. The molecule has 0 aromatic heterocycles. The zero-order valence-electron chi connectivity index (χ0n) is 12.3. The van der Waals surface area contributed by atoms with Crippen molar-refractivity contribution in [3.8, 4) is 0 Å². The number of piperidine rings is 1. The normalized spacial score (nSPS) is 15.3. The Hall–Kier alpha value is -2.15. The number of nitrogens with zero attached hydrogens (tertiary/aromatic N) is 1. The van der Waals surface area contributed by atoms with Gasteiger partial charge in [-0.05, 0) is 25.0 Å². The van der Waals surface area contributed by atoms with Gasteiger partial charge in [0.15, 0.2) is 6.61 Å². The lowest BCUT2D eigenvalue weighted by molar-refractivity contribution is -0.137. The first kappa shape index (κ1) is 17.2. The highest BCUT2D eigenvalue weighted by Crippen LogP contribution is 2.20. The number of nitrogens with two attached hydrogens (primary N) is 1. The number of ether oxygens (including phenoxy) is 1. The van der Waals surface area contributed by atoms with E-state index < -0.39 is 29.9 Å². The highest BCUT2D eigenvalue weighted by atomic mass is 35.5. The van der Waals surface area contributed by atoms with Crippen LogP contribution < -0.4 is 5.73 Å². The maximum atomic E-state index is 13.6. The molecule has 8 heteroatoms. The van der Waals surface area contributed by atoms with E-state index in [0.29, 0.717) is 25.9 Å². The van der Waals surface area contributed by atoms with Crippen molar-refractivity contribution in [3.63, 3.8) is 0 Å². The molecule has 0 aliphatic carbocycles. The molecule has 0 saturated carbocycles. The smallest absolute Gasteiger partial charge is 0.343 e. The molecule has 23 heavy (non-hydrogen) atoms. The second-order valence-corrected chi connectivity index (χ2v) is 5.64. The van der Waals surface area contributed by atoms with Crippen LogP contribution in [0.1, 0.15) is 23.2 Å². The molecular formula is C15H16ClFN2O4. The van der Waals surface area contributed by atoms with E-state index in [-0.39, 0.29) is 16.8 Å². The van der Waals surface area contributed by atoms with Crippen LogP contribution in [0.5, 0.6) is 0 Å². The summed E-state index contributed by atoms with van der Waals surface area (Å²) in [5, 5.41) is -0.0790. The Morgan fingerprint density at radius 3 is 2.52 bits per heavy atom. The minimum Gasteiger partial charge on any atom is -0.452 e. The quantitative estimate of drug-likeness (QED) is 0.837. The zero-order chi connectivity index (χ0) is 17.0. The van der Waals surface area contributed by atoms with E-state index in [1.54, 1.807) is 0 Å². The molecule has 1 aromatic rings. The highest BCUT2D eigenvalue weighted by molar-refractivity contribution is 6.33. The van der Waals surface area contributed by atoms with E-state index in [1.807, 2.05) is 0 Å². The molecule has 0 bridgehead atoms. The van der Waals surface area contributed by atoms with Gasteiger partial charge < -0.3 is 15.4 Å². The van der Waals surface area contributed by atoms with Crippen LogP contribution in [0.25, 0.3) is 0 Å². The molecule has 6 nitrogen and oxygen atoms in total. The van der Waals surface area contributed by atoms with Gasteiger partial charge in [0.05, 0.1) is 5.02 Å². The number of carbonyl (C=O) groups is 3. The van der Waals surface area contributed by atoms with Crippen molar-refractivity contribution in [1.82, 2.24) is 4.90 Å². The van der Waals surface area contributed by atoms with Crippen LogP contribution in [0.15, 0.2) is 18.2 Å². The van der Waals surface area contributed by atoms with Gasteiger partial charge in [0.1, 0.15) is 11.4 Å². The number of benzene rings is 1. The predicted molar refractivity (Wildman–Crippen MR) is 80.2 cm³/mol. The van der Waals surface area contributed by atoms with Crippen LogP contribution in [0, 0.1) is 11.7 Å². The van der Waals surface area contributed by atoms with E-state index in [2.05, 4.69) is 0 Å². The number of halogens is 2. The summed E-state index contributed by atoms with van der Waals surface area (Å²) in [7, 11) is 0. The molecule has 0 radical (unpaired) electrons.